The second-order valence-corrected chi connectivity index (χ2v) is 11.7. The van der Waals surface area contributed by atoms with Gasteiger partial charge in [-0.3, -0.25) is 0 Å². The van der Waals surface area contributed by atoms with Gasteiger partial charge >= 0.3 is 5.97 Å². The van der Waals surface area contributed by atoms with Gasteiger partial charge in [0.25, 0.3) is 5.88 Å². The number of carboxylic acid groups (broad SMARTS) is 1. The van der Waals surface area contributed by atoms with Crippen molar-refractivity contribution < 1.29 is 36.9 Å². The molecule has 0 saturated carbocycles. The van der Waals surface area contributed by atoms with Gasteiger partial charge < -0.3 is 19.1 Å². The largest absolute Gasteiger partial charge is 0.478 e. The Labute approximate surface area is 260 Å². The van der Waals surface area contributed by atoms with Crippen LogP contribution >= 0.6 is 0 Å². The molecule has 1 unspecified atom stereocenters. The van der Waals surface area contributed by atoms with E-state index >= 15 is 8.78 Å². The number of nitriles is 1. The zero-order valence-electron chi connectivity index (χ0n) is 24.7. The number of halogens is 4. The van der Waals surface area contributed by atoms with Crippen molar-refractivity contribution in [3.8, 4) is 23.2 Å². The third-order valence-electron chi connectivity index (χ3n) is 8.09. The highest BCUT2D eigenvalue weighted by Gasteiger charge is 2.39. The first kappa shape index (κ1) is 30.7. The Balaban J connectivity index is 1.31. The molecule has 8 nitrogen and oxygen atoms in total. The number of fused-ring (bicyclic) bond motifs is 1. The lowest BCUT2D eigenvalue weighted by Gasteiger charge is -2.28. The van der Waals surface area contributed by atoms with Crippen LogP contribution in [-0.4, -0.2) is 38.8 Å². The molecule has 1 atom stereocenters. The molecular weight excluding hydrogens is 604 g/mol. The molecule has 2 aromatic heterocycles. The molecule has 3 aromatic carbocycles. The number of benzene rings is 3. The smallest absolute Gasteiger partial charge is 0.335 e. The van der Waals surface area contributed by atoms with Crippen LogP contribution in [0.3, 0.4) is 0 Å². The van der Waals surface area contributed by atoms with Crippen LogP contribution in [0.2, 0.25) is 0 Å². The first-order chi connectivity index (χ1) is 21.9. The molecule has 6 rings (SSSR count). The van der Waals surface area contributed by atoms with Crippen molar-refractivity contribution in [1.29, 1.82) is 5.26 Å². The van der Waals surface area contributed by atoms with Gasteiger partial charge in [-0.2, -0.15) is 5.26 Å². The topological polar surface area (TPSA) is 110 Å². The number of ether oxygens (including phenoxy) is 2. The Bertz CT molecular complexity index is 2050. The second-order valence-electron chi connectivity index (χ2n) is 11.7. The molecule has 1 aliphatic rings. The highest BCUT2D eigenvalue weighted by molar-refractivity contribution is 5.93. The van der Waals surface area contributed by atoms with Crippen molar-refractivity contribution in [2.75, 3.05) is 13.2 Å². The standard InChI is InChI=1S/C34H26F4N4O4/c1-34(2)17-45-16-29(34)42-28-12-22(33(43)44)11-26(38)31(28)41-30(42)13-19-5-6-20(10-25(19)37)27-8-7-23(35)32(40-27)46-15-21-4-3-18(14-39)9-24(21)36/h3-12,29H,13,15-17H2,1-2H3,(H,43,44). The van der Waals surface area contributed by atoms with E-state index in [0.29, 0.717) is 18.0 Å². The lowest BCUT2D eigenvalue weighted by Crippen LogP contribution is -2.27. The highest BCUT2D eigenvalue weighted by Crippen LogP contribution is 2.41. The minimum atomic E-state index is -1.29. The molecule has 1 aliphatic heterocycles. The molecule has 0 radical (unpaired) electrons. The number of hydrogen-bond donors (Lipinski definition) is 1. The summed E-state index contributed by atoms with van der Waals surface area (Å²) in [5.41, 5.74) is 0.577. The van der Waals surface area contributed by atoms with E-state index in [9.17, 15) is 18.7 Å². The van der Waals surface area contributed by atoms with Crippen molar-refractivity contribution in [3.05, 3.63) is 112 Å². The average Bonchev–Trinajstić information content (AvgIpc) is 3.56. The number of imidazole rings is 1. The maximum atomic E-state index is 15.6. The molecule has 0 spiro atoms. The maximum absolute atomic E-state index is 15.6. The molecule has 1 fully saturated rings. The Morgan fingerprint density at radius 2 is 1.76 bits per heavy atom. The molecule has 1 saturated heterocycles. The van der Waals surface area contributed by atoms with E-state index in [4.69, 9.17) is 14.7 Å². The highest BCUT2D eigenvalue weighted by atomic mass is 19.1. The molecule has 234 valence electrons. The molecule has 0 bridgehead atoms. The minimum absolute atomic E-state index is 0.0244. The van der Waals surface area contributed by atoms with Gasteiger partial charge in [0.2, 0.25) is 0 Å². The lowest BCUT2D eigenvalue weighted by atomic mass is 9.87. The van der Waals surface area contributed by atoms with Gasteiger partial charge in [0.05, 0.1) is 47.7 Å². The van der Waals surface area contributed by atoms with Gasteiger partial charge in [0.15, 0.2) is 11.6 Å². The molecule has 1 N–H and O–H groups in total. The fourth-order valence-electron chi connectivity index (χ4n) is 5.56. The Hall–Kier alpha value is -5.28. The molecule has 5 aromatic rings. The zero-order valence-corrected chi connectivity index (χ0v) is 24.7. The molecule has 0 aliphatic carbocycles. The number of aromatic carboxylic acids is 1. The quantitative estimate of drug-likeness (QED) is 0.184. The molecular formula is C34H26F4N4O4. The lowest BCUT2D eigenvalue weighted by molar-refractivity contribution is 0.0696. The van der Waals surface area contributed by atoms with Crippen molar-refractivity contribution >= 4 is 17.0 Å². The van der Waals surface area contributed by atoms with Gasteiger partial charge in [-0.1, -0.05) is 32.0 Å². The maximum Gasteiger partial charge on any atom is 0.335 e. The summed E-state index contributed by atoms with van der Waals surface area (Å²) in [7, 11) is 0. The summed E-state index contributed by atoms with van der Waals surface area (Å²) < 4.78 is 72.4. The summed E-state index contributed by atoms with van der Waals surface area (Å²) in [6, 6.07) is 14.4. The summed E-state index contributed by atoms with van der Waals surface area (Å²) in [4.78, 5) is 20.3. The van der Waals surface area contributed by atoms with Gasteiger partial charge in [0, 0.05) is 23.0 Å². The van der Waals surface area contributed by atoms with Crippen LogP contribution in [0.5, 0.6) is 5.88 Å². The second kappa shape index (κ2) is 11.9. The first-order valence-corrected chi connectivity index (χ1v) is 14.2. The van der Waals surface area contributed by atoms with Crippen molar-refractivity contribution in [3.63, 3.8) is 0 Å². The number of carboxylic acids is 1. The van der Waals surface area contributed by atoms with E-state index in [-0.39, 0.29) is 64.7 Å². The van der Waals surface area contributed by atoms with Crippen molar-refractivity contribution in [1.82, 2.24) is 14.5 Å². The van der Waals surface area contributed by atoms with E-state index in [1.807, 2.05) is 19.9 Å². The molecule has 12 heteroatoms. The predicted octanol–water partition coefficient (Wildman–Crippen LogP) is 6.99. The summed E-state index contributed by atoms with van der Waals surface area (Å²) in [5, 5.41) is 18.5. The monoisotopic (exact) mass is 630 g/mol. The number of carbonyl (C=O) groups is 1. The van der Waals surface area contributed by atoms with E-state index in [1.54, 1.807) is 10.6 Å². The molecule has 3 heterocycles. The first-order valence-electron chi connectivity index (χ1n) is 14.2. The third-order valence-corrected chi connectivity index (χ3v) is 8.09. The van der Waals surface area contributed by atoms with E-state index in [1.165, 1.54) is 36.4 Å². The van der Waals surface area contributed by atoms with Crippen LogP contribution in [0.15, 0.2) is 60.7 Å². The Kier molecular flexibility index (Phi) is 7.96. The van der Waals surface area contributed by atoms with Gasteiger partial charge in [-0.15, -0.1) is 0 Å². The Morgan fingerprint density at radius 3 is 2.43 bits per heavy atom. The van der Waals surface area contributed by atoms with Crippen LogP contribution in [0.4, 0.5) is 17.6 Å². The van der Waals surface area contributed by atoms with Crippen LogP contribution in [-0.2, 0) is 17.8 Å². The van der Waals surface area contributed by atoms with Crippen molar-refractivity contribution in [2.24, 2.45) is 5.41 Å². The summed E-state index contributed by atoms with van der Waals surface area (Å²) in [6.07, 6.45) is -0.0451. The summed E-state index contributed by atoms with van der Waals surface area (Å²) in [6.45, 7) is 4.30. The van der Waals surface area contributed by atoms with E-state index in [0.717, 1.165) is 18.2 Å². The Morgan fingerprint density at radius 1 is 1.00 bits per heavy atom. The van der Waals surface area contributed by atoms with E-state index < -0.39 is 40.5 Å². The van der Waals surface area contributed by atoms with Gasteiger partial charge in [-0.05, 0) is 48.0 Å². The number of hydrogen-bond acceptors (Lipinski definition) is 6. The minimum Gasteiger partial charge on any atom is -0.478 e. The normalized spacial score (nSPS) is 15.6. The average molecular weight is 631 g/mol. The fraction of sp³-hybridized carbons (Fsp3) is 0.235. The number of pyridine rings is 1. The third kappa shape index (κ3) is 5.77. The SMILES string of the molecule is CC1(C)COCC1n1c(Cc2ccc(-c3ccc(F)c(OCc4ccc(C#N)cc4F)n3)cc2F)nc2c(F)cc(C(=O)O)cc21. The van der Waals surface area contributed by atoms with Gasteiger partial charge in [-0.25, -0.2) is 32.3 Å². The van der Waals surface area contributed by atoms with Crippen LogP contribution in [0, 0.1) is 40.0 Å². The van der Waals surface area contributed by atoms with Crippen LogP contribution in [0.1, 0.15) is 52.8 Å². The number of aromatic nitrogens is 3. The summed E-state index contributed by atoms with van der Waals surface area (Å²) in [5.74, 6) is -4.28. The zero-order chi connectivity index (χ0) is 32.7. The number of rotatable bonds is 8. The van der Waals surface area contributed by atoms with Crippen molar-refractivity contribution in [2.45, 2.75) is 32.9 Å². The van der Waals surface area contributed by atoms with E-state index in [2.05, 4.69) is 9.97 Å². The fourth-order valence-corrected chi connectivity index (χ4v) is 5.56. The van der Waals surface area contributed by atoms with Crippen LogP contribution < -0.4 is 4.74 Å². The number of nitrogens with zero attached hydrogens (tertiary/aromatic N) is 4. The van der Waals surface area contributed by atoms with Crippen LogP contribution in [0.25, 0.3) is 22.3 Å². The van der Waals surface area contributed by atoms with Gasteiger partial charge in [0.1, 0.15) is 29.6 Å². The predicted molar refractivity (Wildman–Crippen MR) is 158 cm³/mol. The molecule has 0 amide bonds. The molecule has 46 heavy (non-hydrogen) atoms. The summed E-state index contributed by atoms with van der Waals surface area (Å²) >= 11 is 0.